The second-order valence-corrected chi connectivity index (χ2v) is 4.57. The number of amides is 1. The summed E-state index contributed by atoms with van der Waals surface area (Å²) >= 11 is 3.36. The van der Waals surface area contributed by atoms with Crippen molar-refractivity contribution in [3.05, 3.63) is 16.9 Å². The van der Waals surface area contributed by atoms with E-state index in [1.807, 2.05) is 0 Å². The van der Waals surface area contributed by atoms with Crippen molar-refractivity contribution >= 4 is 33.2 Å². The van der Waals surface area contributed by atoms with Crippen LogP contribution in [0.2, 0.25) is 0 Å². The minimum absolute atomic E-state index is 0.0226. The van der Waals surface area contributed by atoms with Gasteiger partial charge in [0.2, 0.25) is 5.91 Å². The summed E-state index contributed by atoms with van der Waals surface area (Å²) < 4.78 is 0.769. The van der Waals surface area contributed by atoms with E-state index in [0.717, 1.165) is 29.5 Å². The number of carbonyl (C=O) groups is 1. The van der Waals surface area contributed by atoms with Gasteiger partial charge in [-0.05, 0) is 28.8 Å². The van der Waals surface area contributed by atoms with Gasteiger partial charge in [-0.15, -0.1) is 0 Å². The summed E-state index contributed by atoms with van der Waals surface area (Å²) in [6, 6.07) is -0.213. The largest absolute Gasteiger partial charge is 0.396 e. The van der Waals surface area contributed by atoms with Gasteiger partial charge >= 0.3 is 0 Å². The van der Waals surface area contributed by atoms with Crippen molar-refractivity contribution in [3.8, 4) is 0 Å². The summed E-state index contributed by atoms with van der Waals surface area (Å²) in [5.41, 5.74) is 7.07. The number of nitrogens with zero attached hydrogens (tertiary/aromatic N) is 1. The minimum Gasteiger partial charge on any atom is -0.396 e. The Morgan fingerprint density at radius 3 is 3.06 bits per heavy atom. The summed E-state index contributed by atoms with van der Waals surface area (Å²) in [5, 5.41) is 5.96. The van der Waals surface area contributed by atoms with Crippen molar-refractivity contribution < 1.29 is 4.79 Å². The molecule has 0 radical (unpaired) electrons. The topological polar surface area (TPSA) is 80.0 Å². The van der Waals surface area contributed by atoms with Gasteiger partial charge in [0.1, 0.15) is 6.04 Å². The Morgan fingerprint density at radius 1 is 1.56 bits per heavy atom. The number of hydrogen-bond acceptors (Lipinski definition) is 4. The molecule has 0 aliphatic carbocycles. The molecule has 4 N–H and O–H groups in total. The summed E-state index contributed by atoms with van der Waals surface area (Å²) in [7, 11) is 0. The number of pyridine rings is 1. The van der Waals surface area contributed by atoms with E-state index in [9.17, 15) is 4.79 Å². The maximum absolute atomic E-state index is 11.6. The first-order valence-corrected chi connectivity index (χ1v) is 5.91. The van der Waals surface area contributed by atoms with E-state index >= 15 is 0 Å². The highest BCUT2D eigenvalue weighted by Crippen LogP contribution is 2.28. The SMILES string of the molecule is Nc1cncc(Br)c1NC1CCCNC1=O. The molecule has 5 nitrogen and oxygen atoms in total. The molecule has 1 fully saturated rings. The number of nitrogen functional groups attached to an aromatic ring is 1. The molecule has 0 spiro atoms. The molecule has 1 aliphatic rings. The summed E-state index contributed by atoms with van der Waals surface area (Å²) in [5.74, 6) is 0.0226. The van der Waals surface area contributed by atoms with Crippen LogP contribution in [0.5, 0.6) is 0 Å². The third-order valence-electron chi connectivity index (χ3n) is 2.53. The third kappa shape index (κ3) is 2.27. The lowest BCUT2D eigenvalue weighted by Gasteiger charge is -2.24. The van der Waals surface area contributed by atoms with Gasteiger partial charge < -0.3 is 16.4 Å². The van der Waals surface area contributed by atoms with Crippen LogP contribution in [-0.2, 0) is 4.79 Å². The number of nitrogens with two attached hydrogens (primary N) is 1. The number of hydrogen-bond donors (Lipinski definition) is 3. The van der Waals surface area contributed by atoms with Crippen LogP contribution in [0.1, 0.15) is 12.8 Å². The number of anilines is 2. The van der Waals surface area contributed by atoms with Gasteiger partial charge in [0.05, 0.1) is 22.0 Å². The maximum atomic E-state index is 11.6. The Balaban J connectivity index is 2.16. The first-order valence-electron chi connectivity index (χ1n) is 5.11. The van der Waals surface area contributed by atoms with Crippen LogP contribution >= 0.6 is 15.9 Å². The van der Waals surface area contributed by atoms with E-state index in [1.165, 1.54) is 0 Å². The van der Waals surface area contributed by atoms with Gasteiger partial charge in [-0.25, -0.2) is 0 Å². The molecule has 0 bridgehead atoms. The van der Waals surface area contributed by atoms with E-state index in [1.54, 1.807) is 12.4 Å². The predicted octanol–water partition coefficient (Wildman–Crippen LogP) is 1.12. The Labute approximate surface area is 102 Å². The number of piperidine rings is 1. The molecule has 6 heteroatoms. The lowest BCUT2D eigenvalue weighted by molar-refractivity contribution is -0.123. The zero-order chi connectivity index (χ0) is 11.5. The summed E-state index contributed by atoms with van der Waals surface area (Å²) in [4.78, 5) is 15.5. The first-order chi connectivity index (χ1) is 7.68. The predicted molar refractivity (Wildman–Crippen MR) is 66.0 cm³/mol. The zero-order valence-corrected chi connectivity index (χ0v) is 10.3. The van der Waals surface area contributed by atoms with E-state index in [0.29, 0.717) is 5.69 Å². The van der Waals surface area contributed by atoms with Gasteiger partial charge in [-0.1, -0.05) is 0 Å². The molecule has 2 rings (SSSR count). The number of aromatic nitrogens is 1. The molecule has 1 atom stereocenters. The fourth-order valence-corrected chi connectivity index (χ4v) is 2.15. The highest BCUT2D eigenvalue weighted by Gasteiger charge is 2.22. The minimum atomic E-state index is -0.213. The van der Waals surface area contributed by atoms with Gasteiger partial charge in [-0.2, -0.15) is 0 Å². The van der Waals surface area contributed by atoms with Crippen LogP contribution in [0, 0.1) is 0 Å². The maximum Gasteiger partial charge on any atom is 0.242 e. The molecule has 1 amide bonds. The van der Waals surface area contributed by atoms with E-state index in [-0.39, 0.29) is 11.9 Å². The second kappa shape index (κ2) is 4.69. The van der Waals surface area contributed by atoms with Crippen molar-refractivity contribution in [3.63, 3.8) is 0 Å². The highest BCUT2D eigenvalue weighted by atomic mass is 79.9. The molecule has 1 aromatic heterocycles. The van der Waals surface area contributed by atoms with Crippen LogP contribution in [0.15, 0.2) is 16.9 Å². The van der Waals surface area contributed by atoms with E-state index in [2.05, 4.69) is 31.5 Å². The second-order valence-electron chi connectivity index (χ2n) is 3.72. The van der Waals surface area contributed by atoms with Crippen molar-refractivity contribution in [2.45, 2.75) is 18.9 Å². The average Bonchev–Trinajstić information content (AvgIpc) is 2.26. The van der Waals surface area contributed by atoms with Gasteiger partial charge in [0.25, 0.3) is 0 Å². The highest BCUT2D eigenvalue weighted by molar-refractivity contribution is 9.10. The normalized spacial score (nSPS) is 20.3. The van der Waals surface area contributed by atoms with Gasteiger partial charge in [0, 0.05) is 12.7 Å². The Kier molecular flexibility index (Phi) is 3.28. The van der Waals surface area contributed by atoms with Gasteiger partial charge in [-0.3, -0.25) is 9.78 Å². The number of halogens is 1. The van der Waals surface area contributed by atoms with Crippen LogP contribution in [0.4, 0.5) is 11.4 Å². The fraction of sp³-hybridized carbons (Fsp3) is 0.400. The summed E-state index contributed by atoms with van der Waals surface area (Å²) in [6.45, 7) is 0.754. The Bertz CT molecular complexity index is 390. The van der Waals surface area contributed by atoms with Crippen LogP contribution in [-0.4, -0.2) is 23.5 Å². The molecule has 16 heavy (non-hydrogen) atoms. The van der Waals surface area contributed by atoms with Crippen molar-refractivity contribution in [2.75, 3.05) is 17.6 Å². The molecule has 0 aromatic carbocycles. The van der Waals surface area contributed by atoms with Crippen LogP contribution in [0.25, 0.3) is 0 Å². The fourth-order valence-electron chi connectivity index (χ4n) is 1.69. The molecule has 1 aliphatic heterocycles. The molecule has 1 aromatic rings. The lowest BCUT2D eigenvalue weighted by atomic mass is 10.1. The quantitative estimate of drug-likeness (QED) is 0.760. The Hall–Kier alpha value is -1.30. The number of nitrogens with one attached hydrogen (secondary N) is 2. The number of rotatable bonds is 2. The molecule has 1 saturated heterocycles. The van der Waals surface area contributed by atoms with Crippen molar-refractivity contribution in [1.82, 2.24) is 10.3 Å². The molecule has 0 saturated carbocycles. The summed E-state index contributed by atoms with van der Waals surface area (Å²) in [6.07, 6.45) is 5.01. The van der Waals surface area contributed by atoms with Crippen LogP contribution < -0.4 is 16.4 Å². The zero-order valence-electron chi connectivity index (χ0n) is 8.66. The van der Waals surface area contributed by atoms with Crippen molar-refractivity contribution in [2.24, 2.45) is 0 Å². The van der Waals surface area contributed by atoms with E-state index in [4.69, 9.17) is 5.73 Å². The van der Waals surface area contributed by atoms with E-state index < -0.39 is 0 Å². The molecular formula is C10H13BrN4O. The molecular weight excluding hydrogens is 272 g/mol. The average molecular weight is 285 g/mol. The standard InChI is InChI=1S/C10H13BrN4O/c11-6-4-13-5-7(12)9(6)15-8-2-1-3-14-10(8)16/h4-5,8H,1-3,12H2,(H,13,15)(H,14,16). The smallest absolute Gasteiger partial charge is 0.242 e. The van der Waals surface area contributed by atoms with Gasteiger partial charge in [0.15, 0.2) is 0 Å². The molecule has 1 unspecified atom stereocenters. The Morgan fingerprint density at radius 2 is 2.38 bits per heavy atom. The monoisotopic (exact) mass is 284 g/mol. The third-order valence-corrected chi connectivity index (χ3v) is 3.13. The first kappa shape index (κ1) is 11.2. The number of carbonyl (C=O) groups excluding carboxylic acids is 1. The lowest BCUT2D eigenvalue weighted by Crippen LogP contribution is -2.44. The van der Waals surface area contributed by atoms with Crippen molar-refractivity contribution in [1.29, 1.82) is 0 Å². The van der Waals surface area contributed by atoms with Crippen LogP contribution in [0.3, 0.4) is 0 Å². The molecule has 2 heterocycles. The molecule has 86 valence electrons.